The Kier molecular flexibility index (Phi) is 4.02. The fourth-order valence-corrected chi connectivity index (χ4v) is 1.93. The normalized spacial score (nSPS) is 11.6. The maximum absolute atomic E-state index is 12.8. The largest absolute Gasteiger partial charge is 0.417 e. The molecule has 0 aliphatic rings. The van der Waals surface area contributed by atoms with Crippen LogP contribution in [0.5, 0.6) is 0 Å². The topological polar surface area (TPSA) is 17.1 Å². The fraction of sp³-hybridized carbons (Fsp3) is 0.300. The first-order chi connectivity index (χ1) is 7.29. The van der Waals surface area contributed by atoms with Crippen LogP contribution in [0.4, 0.5) is 13.2 Å². The van der Waals surface area contributed by atoms with Crippen LogP contribution in [0.25, 0.3) is 0 Å². The predicted octanol–water partition coefficient (Wildman–Crippen LogP) is 4.24. The van der Waals surface area contributed by atoms with E-state index < -0.39 is 23.1 Å². The van der Waals surface area contributed by atoms with Crippen LogP contribution in [0.3, 0.4) is 0 Å². The summed E-state index contributed by atoms with van der Waals surface area (Å²) >= 11 is 8.47. The number of hydrogen-bond acceptors (Lipinski definition) is 1. The lowest BCUT2D eigenvalue weighted by molar-refractivity contribution is -0.138. The average Bonchev–Trinajstić information content (AvgIpc) is 2.18. The molecular weight excluding hydrogens is 308 g/mol. The van der Waals surface area contributed by atoms with Crippen LogP contribution in [-0.4, -0.2) is 11.1 Å². The number of ketones is 1. The lowest BCUT2D eigenvalue weighted by Gasteiger charge is -2.15. The van der Waals surface area contributed by atoms with Gasteiger partial charge in [0.1, 0.15) is 0 Å². The number of Topliss-reactive ketones (excluding diaryl/α,β-unsaturated/α-hetero) is 1. The van der Waals surface area contributed by atoms with Gasteiger partial charge in [0.2, 0.25) is 0 Å². The minimum absolute atomic E-state index is 0.0128. The molecule has 0 atom stereocenters. The minimum Gasteiger partial charge on any atom is -0.293 e. The summed E-state index contributed by atoms with van der Waals surface area (Å²) in [5.74, 6) is -0.680. The number of hydrogen-bond donors (Lipinski definition) is 0. The van der Waals surface area contributed by atoms with Crippen LogP contribution in [0.2, 0.25) is 5.02 Å². The zero-order chi connectivity index (χ0) is 12.5. The standard InChI is InChI=1S/C10H7BrClF3O/c1-5-2-3-6(12)8(7(16)4-11)9(5)10(13,14)15/h2-3H,4H2,1H3. The molecule has 0 N–H and O–H groups in total. The molecule has 0 aliphatic heterocycles. The smallest absolute Gasteiger partial charge is 0.293 e. The van der Waals surface area contributed by atoms with Crippen LogP contribution in [-0.2, 0) is 6.18 Å². The van der Waals surface area contributed by atoms with Gasteiger partial charge in [-0.05, 0) is 18.6 Å². The monoisotopic (exact) mass is 314 g/mol. The Hall–Kier alpha value is -0.550. The predicted molar refractivity (Wildman–Crippen MR) is 59.3 cm³/mol. The van der Waals surface area contributed by atoms with Gasteiger partial charge in [0.15, 0.2) is 5.78 Å². The highest BCUT2D eigenvalue weighted by Crippen LogP contribution is 2.37. The zero-order valence-electron chi connectivity index (χ0n) is 8.16. The number of rotatable bonds is 2. The van der Waals surface area contributed by atoms with Crippen molar-refractivity contribution in [3.8, 4) is 0 Å². The SMILES string of the molecule is Cc1ccc(Cl)c(C(=O)CBr)c1C(F)(F)F. The minimum atomic E-state index is -4.58. The van der Waals surface area contributed by atoms with Crippen molar-refractivity contribution in [1.29, 1.82) is 0 Å². The summed E-state index contributed by atoms with van der Waals surface area (Å²) in [5.41, 5.74) is -1.43. The molecule has 0 aromatic heterocycles. The zero-order valence-corrected chi connectivity index (χ0v) is 10.5. The summed E-state index contributed by atoms with van der Waals surface area (Å²) < 4.78 is 38.3. The number of aryl methyl sites for hydroxylation is 1. The van der Waals surface area contributed by atoms with Crippen molar-refractivity contribution in [2.45, 2.75) is 13.1 Å². The first-order valence-electron chi connectivity index (χ1n) is 4.24. The molecule has 88 valence electrons. The molecule has 0 heterocycles. The summed E-state index contributed by atoms with van der Waals surface area (Å²) in [4.78, 5) is 11.4. The third-order valence-corrected chi connectivity index (χ3v) is 2.87. The summed E-state index contributed by atoms with van der Waals surface area (Å²) in [5, 5.41) is -0.374. The van der Waals surface area contributed by atoms with Gasteiger partial charge in [0.05, 0.1) is 15.9 Å². The van der Waals surface area contributed by atoms with Crippen LogP contribution in [0, 0.1) is 6.92 Å². The molecule has 16 heavy (non-hydrogen) atoms. The Morgan fingerprint density at radius 2 is 2.00 bits per heavy atom. The number of benzene rings is 1. The van der Waals surface area contributed by atoms with Crippen molar-refractivity contribution >= 4 is 33.3 Å². The Balaban J connectivity index is 3.56. The van der Waals surface area contributed by atoms with E-state index in [1.165, 1.54) is 19.1 Å². The van der Waals surface area contributed by atoms with E-state index in [1.54, 1.807) is 0 Å². The first-order valence-corrected chi connectivity index (χ1v) is 5.74. The first kappa shape index (κ1) is 13.5. The molecule has 0 saturated carbocycles. The van der Waals surface area contributed by atoms with E-state index >= 15 is 0 Å². The Labute approximate surface area is 104 Å². The van der Waals surface area contributed by atoms with E-state index in [0.717, 1.165) is 0 Å². The lowest BCUT2D eigenvalue weighted by atomic mass is 9.99. The Morgan fingerprint density at radius 1 is 1.44 bits per heavy atom. The van der Waals surface area contributed by atoms with E-state index in [1.807, 2.05) is 0 Å². The molecule has 0 aliphatic carbocycles. The Bertz CT molecular complexity index is 429. The molecule has 1 aromatic carbocycles. The van der Waals surface area contributed by atoms with E-state index in [9.17, 15) is 18.0 Å². The van der Waals surface area contributed by atoms with Crippen molar-refractivity contribution in [3.05, 3.63) is 33.8 Å². The molecule has 0 radical (unpaired) electrons. The summed E-state index contributed by atoms with van der Waals surface area (Å²) in [7, 11) is 0. The number of alkyl halides is 4. The van der Waals surface area contributed by atoms with Gasteiger partial charge in [-0.25, -0.2) is 0 Å². The molecular formula is C10H7BrClF3O. The molecule has 0 saturated heterocycles. The molecule has 0 bridgehead atoms. The van der Waals surface area contributed by atoms with Gasteiger partial charge in [-0.15, -0.1) is 0 Å². The van der Waals surface area contributed by atoms with Gasteiger partial charge in [0, 0.05) is 5.56 Å². The van der Waals surface area contributed by atoms with Crippen LogP contribution < -0.4 is 0 Å². The average molecular weight is 316 g/mol. The molecule has 0 amide bonds. The molecule has 1 nitrogen and oxygen atoms in total. The fourth-order valence-electron chi connectivity index (χ4n) is 1.39. The van der Waals surface area contributed by atoms with Gasteiger partial charge >= 0.3 is 6.18 Å². The summed E-state index contributed by atoms with van der Waals surface area (Å²) in [6.45, 7) is 1.30. The molecule has 0 unspecified atom stereocenters. The quantitative estimate of drug-likeness (QED) is 0.589. The summed E-state index contributed by atoms with van der Waals surface area (Å²) in [6, 6.07) is 2.54. The van der Waals surface area contributed by atoms with Crippen LogP contribution in [0.1, 0.15) is 21.5 Å². The Morgan fingerprint density at radius 3 is 2.44 bits per heavy atom. The van der Waals surface area contributed by atoms with Crippen molar-refractivity contribution in [3.63, 3.8) is 0 Å². The number of carbonyl (C=O) groups is 1. The van der Waals surface area contributed by atoms with Gasteiger partial charge in [-0.3, -0.25) is 4.79 Å². The lowest BCUT2D eigenvalue weighted by Crippen LogP contribution is -2.16. The number of halogens is 5. The number of carbonyl (C=O) groups excluding carboxylic acids is 1. The van der Waals surface area contributed by atoms with E-state index in [0.29, 0.717) is 0 Å². The van der Waals surface area contributed by atoms with Gasteiger partial charge < -0.3 is 0 Å². The second-order valence-electron chi connectivity index (χ2n) is 3.17. The van der Waals surface area contributed by atoms with Gasteiger partial charge in [0.25, 0.3) is 0 Å². The van der Waals surface area contributed by atoms with Crippen molar-refractivity contribution in [1.82, 2.24) is 0 Å². The maximum atomic E-state index is 12.8. The molecule has 1 aromatic rings. The third-order valence-electron chi connectivity index (χ3n) is 2.05. The van der Waals surface area contributed by atoms with Crippen molar-refractivity contribution < 1.29 is 18.0 Å². The van der Waals surface area contributed by atoms with Gasteiger partial charge in [-0.2, -0.15) is 13.2 Å². The molecule has 0 spiro atoms. The second kappa shape index (κ2) is 4.75. The van der Waals surface area contributed by atoms with E-state index in [4.69, 9.17) is 11.6 Å². The molecule has 1 rings (SSSR count). The van der Waals surface area contributed by atoms with Crippen molar-refractivity contribution in [2.75, 3.05) is 5.33 Å². The van der Waals surface area contributed by atoms with Gasteiger partial charge in [-0.1, -0.05) is 33.6 Å². The highest BCUT2D eigenvalue weighted by molar-refractivity contribution is 9.09. The third kappa shape index (κ3) is 2.58. The van der Waals surface area contributed by atoms with E-state index in [2.05, 4.69) is 15.9 Å². The van der Waals surface area contributed by atoms with E-state index in [-0.39, 0.29) is 15.9 Å². The molecule has 0 fully saturated rings. The highest BCUT2D eigenvalue weighted by atomic mass is 79.9. The maximum Gasteiger partial charge on any atom is 0.417 e. The molecule has 6 heteroatoms. The van der Waals surface area contributed by atoms with Crippen LogP contribution >= 0.6 is 27.5 Å². The highest BCUT2D eigenvalue weighted by Gasteiger charge is 2.37. The van der Waals surface area contributed by atoms with Crippen molar-refractivity contribution in [2.24, 2.45) is 0 Å². The second-order valence-corrected chi connectivity index (χ2v) is 4.14. The summed E-state index contributed by atoms with van der Waals surface area (Å²) in [6.07, 6.45) is -4.58. The van der Waals surface area contributed by atoms with Crippen LogP contribution in [0.15, 0.2) is 12.1 Å².